The molecule has 0 amide bonds. The highest BCUT2D eigenvalue weighted by atomic mass is 15.1. The normalized spacial score (nSPS) is 19.1. The maximum Gasteiger partial charge on any atom is 0.00187 e. The molecule has 1 rings (SSSR count). The van der Waals surface area contributed by atoms with E-state index < -0.39 is 0 Å². The van der Waals surface area contributed by atoms with Gasteiger partial charge < -0.3 is 4.90 Å². The van der Waals surface area contributed by atoms with Crippen molar-refractivity contribution in [3.63, 3.8) is 0 Å². The third-order valence-corrected chi connectivity index (χ3v) is 2.89. The summed E-state index contributed by atoms with van der Waals surface area (Å²) >= 11 is 0. The third-order valence-electron chi connectivity index (χ3n) is 2.89. The molecule has 0 saturated heterocycles. The Morgan fingerprint density at radius 2 is 2.00 bits per heavy atom. The fourth-order valence-corrected chi connectivity index (χ4v) is 1.50. The predicted molar refractivity (Wildman–Crippen MR) is 67.9 cm³/mol. The molecule has 0 unspecified atom stereocenters. The van der Waals surface area contributed by atoms with Gasteiger partial charge in [0.05, 0.1) is 0 Å². The van der Waals surface area contributed by atoms with E-state index in [-0.39, 0.29) is 5.41 Å². The summed E-state index contributed by atoms with van der Waals surface area (Å²) in [5, 5.41) is 0. The maximum absolute atomic E-state index is 2.34. The highest BCUT2D eigenvalue weighted by Gasteiger charge is 2.10. The molecule has 0 aromatic carbocycles. The van der Waals surface area contributed by atoms with Gasteiger partial charge in [0.2, 0.25) is 0 Å². The van der Waals surface area contributed by atoms with Gasteiger partial charge in [-0.25, -0.2) is 0 Å². The number of nitrogens with zero attached hydrogens (tertiary/aromatic N) is 1. The van der Waals surface area contributed by atoms with Crippen LogP contribution < -0.4 is 0 Å². The van der Waals surface area contributed by atoms with Crippen LogP contribution in [-0.2, 0) is 0 Å². The zero-order valence-electron chi connectivity index (χ0n) is 10.5. The van der Waals surface area contributed by atoms with Gasteiger partial charge in [-0.2, -0.15) is 0 Å². The SMILES string of the molecule is CCN(C)CCC1=CC=CC(C)(C)C=C1. The average Bonchev–Trinajstić information content (AvgIpc) is 2.36. The average molecular weight is 205 g/mol. The van der Waals surface area contributed by atoms with Crippen LogP contribution in [0.15, 0.2) is 36.0 Å². The second kappa shape index (κ2) is 5.32. The van der Waals surface area contributed by atoms with Gasteiger partial charge in [-0.05, 0) is 25.6 Å². The van der Waals surface area contributed by atoms with E-state index in [9.17, 15) is 0 Å². The molecule has 0 spiro atoms. The fourth-order valence-electron chi connectivity index (χ4n) is 1.50. The Morgan fingerprint density at radius 1 is 1.27 bits per heavy atom. The molecule has 1 heteroatoms. The number of hydrogen-bond donors (Lipinski definition) is 0. The minimum absolute atomic E-state index is 0.203. The van der Waals surface area contributed by atoms with Crippen molar-refractivity contribution in [1.29, 1.82) is 0 Å². The van der Waals surface area contributed by atoms with Crippen molar-refractivity contribution in [2.24, 2.45) is 5.41 Å². The van der Waals surface area contributed by atoms with E-state index in [0.29, 0.717) is 0 Å². The van der Waals surface area contributed by atoms with Crippen LogP contribution in [0.3, 0.4) is 0 Å². The van der Waals surface area contributed by atoms with Gasteiger partial charge in [-0.3, -0.25) is 0 Å². The molecule has 0 fully saturated rings. The topological polar surface area (TPSA) is 3.24 Å². The molecule has 0 heterocycles. The molecule has 0 radical (unpaired) electrons. The van der Waals surface area contributed by atoms with Crippen LogP contribution in [0.25, 0.3) is 0 Å². The van der Waals surface area contributed by atoms with Crippen molar-refractivity contribution in [3.05, 3.63) is 36.0 Å². The van der Waals surface area contributed by atoms with E-state index in [0.717, 1.165) is 19.5 Å². The second-order valence-corrected chi connectivity index (χ2v) is 4.90. The van der Waals surface area contributed by atoms with Gasteiger partial charge in [-0.1, -0.05) is 51.2 Å². The first-order chi connectivity index (χ1) is 7.03. The summed E-state index contributed by atoms with van der Waals surface area (Å²) in [6.45, 7) is 8.92. The maximum atomic E-state index is 2.34. The Morgan fingerprint density at radius 3 is 2.67 bits per heavy atom. The van der Waals surface area contributed by atoms with Crippen molar-refractivity contribution < 1.29 is 0 Å². The first kappa shape index (κ1) is 12.3. The molecular weight excluding hydrogens is 182 g/mol. The lowest BCUT2D eigenvalue weighted by Crippen LogP contribution is -2.18. The molecular formula is C14H23N. The highest BCUT2D eigenvalue weighted by molar-refractivity contribution is 5.30. The molecule has 1 aliphatic rings. The lowest BCUT2D eigenvalue weighted by atomic mass is 9.93. The van der Waals surface area contributed by atoms with Crippen LogP contribution in [-0.4, -0.2) is 25.0 Å². The zero-order valence-corrected chi connectivity index (χ0v) is 10.5. The summed E-state index contributed by atoms with van der Waals surface area (Å²) in [5.74, 6) is 0. The van der Waals surface area contributed by atoms with E-state index in [1.165, 1.54) is 5.57 Å². The van der Waals surface area contributed by atoms with E-state index in [4.69, 9.17) is 0 Å². The molecule has 0 aliphatic heterocycles. The Balaban J connectivity index is 2.51. The van der Waals surface area contributed by atoms with E-state index in [2.05, 4.69) is 63.1 Å². The lowest BCUT2D eigenvalue weighted by molar-refractivity contribution is 0.358. The molecule has 0 aromatic rings. The smallest absolute Gasteiger partial charge is 0.00187 e. The van der Waals surface area contributed by atoms with Crippen molar-refractivity contribution in [2.45, 2.75) is 27.2 Å². The van der Waals surface area contributed by atoms with Gasteiger partial charge >= 0.3 is 0 Å². The van der Waals surface area contributed by atoms with Gasteiger partial charge in [0, 0.05) is 12.0 Å². The van der Waals surface area contributed by atoms with Crippen LogP contribution in [0.5, 0.6) is 0 Å². The van der Waals surface area contributed by atoms with Crippen LogP contribution >= 0.6 is 0 Å². The van der Waals surface area contributed by atoms with Crippen LogP contribution in [0.4, 0.5) is 0 Å². The minimum Gasteiger partial charge on any atom is -0.306 e. The summed E-state index contributed by atoms with van der Waals surface area (Å²) in [5.41, 5.74) is 1.63. The minimum atomic E-state index is 0.203. The summed E-state index contributed by atoms with van der Waals surface area (Å²) < 4.78 is 0. The molecule has 0 bridgehead atoms. The van der Waals surface area contributed by atoms with Crippen LogP contribution in [0.2, 0.25) is 0 Å². The molecule has 0 aromatic heterocycles. The van der Waals surface area contributed by atoms with Gasteiger partial charge in [-0.15, -0.1) is 0 Å². The molecule has 1 nitrogen and oxygen atoms in total. The number of allylic oxidation sites excluding steroid dienone is 5. The summed E-state index contributed by atoms with van der Waals surface area (Å²) in [6, 6.07) is 0. The largest absolute Gasteiger partial charge is 0.306 e. The van der Waals surface area contributed by atoms with Crippen molar-refractivity contribution in [2.75, 3.05) is 20.1 Å². The van der Waals surface area contributed by atoms with Crippen molar-refractivity contribution in [1.82, 2.24) is 4.90 Å². The van der Waals surface area contributed by atoms with Crippen LogP contribution in [0, 0.1) is 5.41 Å². The first-order valence-electron chi connectivity index (χ1n) is 5.80. The second-order valence-electron chi connectivity index (χ2n) is 4.90. The molecule has 84 valence electrons. The summed E-state index contributed by atoms with van der Waals surface area (Å²) in [7, 11) is 2.17. The van der Waals surface area contributed by atoms with Gasteiger partial charge in [0.1, 0.15) is 0 Å². The Hall–Kier alpha value is -0.820. The monoisotopic (exact) mass is 205 g/mol. The van der Waals surface area contributed by atoms with E-state index in [1.54, 1.807) is 0 Å². The van der Waals surface area contributed by atoms with Gasteiger partial charge in [0.15, 0.2) is 0 Å². The predicted octanol–water partition coefficient (Wildman–Crippen LogP) is 3.41. The third kappa shape index (κ3) is 4.48. The summed E-state index contributed by atoms with van der Waals surface area (Å²) in [4.78, 5) is 2.34. The zero-order chi connectivity index (χ0) is 11.3. The fraction of sp³-hybridized carbons (Fsp3) is 0.571. The van der Waals surface area contributed by atoms with E-state index in [1.807, 2.05) is 0 Å². The Labute approximate surface area is 94.2 Å². The summed E-state index contributed by atoms with van der Waals surface area (Å²) in [6.07, 6.45) is 12.4. The van der Waals surface area contributed by atoms with Crippen LogP contribution in [0.1, 0.15) is 27.2 Å². The molecule has 15 heavy (non-hydrogen) atoms. The van der Waals surface area contributed by atoms with E-state index >= 15 is 0 Å². The molecule has 1 aliphatic carbocycles. The molecule has 0 atom stereocenters. The molecule has 0 saturated carbocycles. The quantitative estimate of drug-likeness (QED) is 0.680. The first-order valence-corrected chi connectivity index (χ1v) is 5.80. The number of rotatable bonds is 4. The van der Waals surface area contributed by atoms with Crippen molar-refractivity contribution in [3.8, 4) is 0 Å². The molecule has 0 N–H and O–H groups in total. The lowest BCUT2D eigenvalue weighted by Gasteiger charge is -2.14. The van der Waals surface area contributed by atoms with Gasteiger partial charge in [0.25, 0.3) is 0 Å². The Bertz CT molecular complexity index is 282. The Kier molecular flexibility index (Phi) is 4.34. The number of hydrogen-bond acceptors (Lipinski definition) is 1. The highest BCUT2D eigenvalue weighted by Crippen LogP contribution is 2.23. The van der Waals surface area contributed by atoms with Crippen molar-refractivity contribution >= 4 is 0 Å². The standard InChI is InChI=1S/C14H23N/c1-5-15(4)12-9-13-7-6-10-14(2,3)11-8-13/h6-8,10-11H,5,9,12H2,1-4H3.